The normalized spacial score (nSPS) is 11.0. The first-order valence-electron chi connectivity index (χ1n) is 7.52. The number of benzene rings is 2. The van der Waals surface area contributed by atoms with Crippen LogP contribution >= 0.6 is 38.9 Å². The molecule has 7 heteroatoms. The molecule has 0 aliphatic rings. The van der Waals surface area contributed by atoms with Gasteiger partial charge in [0, 0.05) is 20.4 Å². The van der Waals surface area contributed by atoms with Crippen LogP contribution in [0.4, 0.5) is 0 Å². The molecule has 25 heavy (non-hydrogen) atoms. The molecule has 0 atom stereocenters. The Hall–Kier alpha value is -2.02. The molecule has 4 rings (SSSR count). The highest BCUT2D eigenvalue weighted by Gasteiger charge is 2.16. The van der Waals surface area contributed by atoms with Crippen LogP contribution in [0.3, 0.4) is 0 Å². The molecule has 2 aromatic carbocycles. The van der Waals surface area contributed by atoms with Gasteiger partial charge in [-0.3, -0.25) is 0 Å². The Kier molecular flexibility index (Phi) is 4.41. The fourth-order valence-corrected chi connectivity index (χ4v) is 3.83. The van der Waals surface area contributed by atoms with Crippen molar-refractivity contribution in [2.24, 2.45) is 0 Å². The SMILES string of the molecule is Cc1c(-c2nc(-c3ccc(Br)cc3)cs2)nnn1-c1cccc(Cl)c1. The summed E-state index contributed by atoms with van der Waals surface area (Å²) < 4.78 is 2.83. The number of aromatic nitrogens is 4. The Bertz CT molecular complexity index is 1040. The van der Waals surface area contributed by atoms with Gasteiger partial charge in [-0.25, -0.2) is 9.67 Å². The van der Waals surface area contributed by atoms with Crippen LogP contribution in [-0.2, 0) is 0 Å². The summed E-state index contributed by atoms with van der Waals surface area (Å²) in [5.74, 6) is 0. The minimum atomic E-state index is 0.667. The summed E-state index contributed by atoms with van der Waals surface area (Å²) in [6.07, 6.45) is 0. The van der Waals surface area contributed by atoms with E-state index in [1.54, 1.807) is 16.0 Å². The lowest BCUT2D eigenvalue weighted by molar-refractivity contribution is 0.785. The van der Waals surface area contributed by atoms with Crippen molar-refractivity contribution < 1.29 is 0 Å². The fourth-order valence-electron chi connectivity index (χ4n) is 2.52. The lowest BCUT2D eigenvalue weighted by Gasteiger charge is -2.03. The predicted octanol–water partition coefficient (Wildman–Crippen LogP) is 5.78. The van der Waals surface area contributed by atoms with Gasteiger partial charge in [-0.2, -0.15) is 0 Å². The van der Waals surface area contributed by atoms with Crippen molar-refractivity contribution in [3.05, 3.63) is 69.1 Å². The Balaban J connectivity index is 1.71. The van der Waals surface area contributed by atoms with E-state index < -0.39 is 0 Å². The van der Waals surface area contributed by atoms with Crippen molar-refractivity contribution in [3.8, 4) is 27.6 Å². The van der Waals surface area contributed by atoms with Crippen LogP contribution in [0.5, 0.6) is 0 Å². The smallest absolute Gasteiger partial charge is 0.146 e. The molecule has 0 amide bonds. The molecular weight excluding hydrogens is 420 g/mol. The van der Waals surface area contributed by atoms with Gasteiger partial charge in [0.15, 0.2) is 0 Å². The average Bonchev–Trinajstić information content (AvgIpc) is 3.22. The van der Waals surface area contributed by atoms with E-state index in [2.05, 4.69) is 26.2 Å². The summed E-state index contributed by atoms with van der Waals surface area (Å²) in [6.45, 7) is 1.98. The molecule has 0 radical (unpaired) electrons. The third-order valence-corrected chi connectivity index (χ3v) is 5.41. The summed E-state index contributed by atoms with van der Waals surface area (Å²) in [5.41, 5.74) is 4.61. The summed E-state index contributed by atoms with van der Waals surface area (Å²) >= 11 is 11.1. The van der Waals surface area contributed by atoms with Crippen LogP contribution in [0.15, 0.2) is 58.4 Å². The first-order valence-corrected chi connectivity index (χ1v) is 9.57. The van der Waals surface area contributed by atoms with Gasteiger partial charge in [-0.1, -0.05) is 50.9 Å². The number of nitrogens with zero attached hydrogens (tertiary/aromatic N) is 4. The summed E-state index contributed by atoms with van der Waals surface area (Å²) in [4.78, 5) is 4.73. The standard InChI is InChI=1S/C18H12BrClN4S/c1-11-17(22-23-24(11)15-4-2-3-14(20)9-15)18-21-16(10-25-18)12-5-7-13(19)8-6-12/h2-10H,1H3. The predicted molar refractivity (Wildman–Crippen MR) is 105 cm³/mol. The highest BCUT2D eigenvalue weighted by Crippen LogP contribution is 2.30. The lowest BCUT2D eigenvalue weighted by atomic mass is 10.2. The van der Waals surface area contributed by atoms with Crippen LogP contribution in [-0.4, -0.2) is 20.0 Å². The Morgan fingerprint density at radius 3 is 2.68 bits per heavy atom. The summed E-state index contributed by atoms with van der Waals surface area (Å²) in [6, 6.07) is 15.6. The van der Waals surface area contributed by atoms with Crippen molar-refractivity contribution in [1.29, 1.82) is 0 Å². The van der Waals surface area contributed by atoms with Gasteiger partial charge in [0.25, 0.3) is 0 Å². The molecule has 124 valence electrons. The van der Waals surface area contributed by atoms with Crippen molar-refractivity contribution in [3.63, 3.8) is 0 Å². The van der Waals surface area contributed by atoms with Gasteiger partial charge >= 0.3 is 0 Å². The quantitative estimate of drug-likeness (QED) is 0.413. The van der Waals surface area contributed by atoms with Gasteiger partial charge in [0.1, 0.15) is 10.7 Å². The maximum Gasteiger partial charge on any atom is 0.146 e. The number of thiazole rings is 1. The molecule has 0 spiro atoms. The van der Waals surface area contributed by atoms with Gasteiger partial charge in [-0.05, 0) is 37.3 Å². The van der Waals surface area contributed by atoms with Crippen LogP contribution in [0.25, 0.3) is 27.6 Å². The zero-order valence-electron chi connectivity index (χ0n) is 13.1. The van der Waals surface area contributed by atoms with Crippen LogP contribution in [0.2, 0.25) is 5.02 Å². The highest BCUT2D eigenvalue weighted by molar-refractivity contribution is 9.10. The molecule has 4 aromatic rings. The van der Waals surface area contributed by atoms with Gasteiger partial charge in [0.05, 0.1) is 17.1 Å². The zero-order valence-corrected chi connectivity index (χ0v) is 16.3. The Morgan fingerprint density at radius 1 is 1.12 bits per heavy atom. The van der Waals surface area contributed by atoms with E-state index in [9.17, 15) is 0 Å². The molecule has 0 N–H and O–H groups in total. The largest absolute Gasteiger partial charge is 0.234 e. The molecule has 0 saturated carbocycles. The van der Waals surface area contributed by atoms with Gasteiger partial charge in [-0.15, -0.1) is 16.4 Å². The van der Waals surface area contributed by atoms with E-state index in [1.165, 1.54) is 0 Å². The molecule has 0 saturated heterocycles. The summed E-state index contributed by atoms with van der Waals surface area (Å²) in [7, 11) is 0. The van der Waals surface area contributed by atoms with Crippen LogP contribution in [0, 0.1) is 6.92 Å². The lowest BCUT2D eigenvalue weighted by Crippen LogP contribution is -1.98. The first kappa shape index (κ1) is 16.4. The molecule has 0 aliphatic heterocycles. The molecule has 0 unspecified atom stereocenters. The number of hydrogen-bond donors (Lipinski definition) is 0. The maximum absolute atomic E-state index is 6.08. The Morgan fingerprint density at radius 2 is 1.92 bits per heavy atom. The molecule has 2 aromatic heterocycles. The highest BCUT2D eigenvalue weighted by atomic mass is 79.9. The molecule has 0 aliphatic carbocycles. The van der Waals surface area contributed by atoms with Gasteiger partial charge in [0.2, 0.25) is 0 Å². The first-order chi connectivity index (χ1) is 12.1. The summed E-state index contributed by atoms with van der Waals surface area (Å²) in [5, 5.41) is 12.1. The second-order valence-electron chi connectivity index (χ2n) is 5.46. The van der Waals surface area contributed by atoms with E-state index in [1.807, 2.05) is 60.8 Å². The average molecular weight is 432 g/mol. The van der Waals surface area contributed by atoms with E-state index in [4.69, 9.17) is 16.6 Å². The maximum atomic E-state index is 6.08. The molecular formula is C18H12BrClN4S. The fraction of sp³-hybridized carbons (Fsp3) is 0.0556. The van der Waals surface area contributed by atoms with E-state index in [-0.39, 0.29) is 0 Å². The van der Waals surface area contributed by atoms with Crippen LogP contribution in [0.1, 0.15) is 5.69 Å². The molecule has 0 fully saturated rings. The topological polar surface area (TPSA) is 43.6 Å². The van der Waals surface area contributed by atoms with Crippen molar-refractivity contribution in [2.45, 2.75) is 6.92 Å². The van der Waals surface area contributed by atoms with Crippen molar-refractivity contribution in [1.82, 2.24) is 20.0 Å². The van der Waals surface area contributed by atoms with E-state index in [0.717, 1.165) is 37.8 Å². The van der Waals surface area contributed by atoms with Crippen LogP contribution < -0.4 is 0 Å². The minimum absolute atomic E-state index is 0.667. The zero-order chi connectivity index (χ0) is 17.4. The van der Waals surface area contributed by atoms with Crippen molar-refractivity contribution in [2.75, 3.05) is 0 Å². The number of hydrogen-bond acceptors (Lipinski definition) is 4. The number of rotatable bonds is 3. The van der Waals surface area contributed by atoms with E-state index in [0.29, 0.717) is 5.02 Å². The second kappa shape index (κ2) is 6.71. The third kappa shape index (κ3) is 3.25. The molecule has 0 bridgehead atoms. The van der Waals surface area contributed by atoms with Crippen molar-refractivity contribution >= 4 is 38.9 Å². The Labute approximate surface area is 162 Å². The van der Waals surface area contributed by atoms with Gasteiger partial charge < -0.3 is 0 Å². The number of halogens is 2. The van der Waals surface area contributed by atoms with E-state index >= 15 is 0 Å². The third-order valence-electron chi connectivity index (χ3n) is 3.79. The second-order valence-corrected chi connectivity index (χ2v) is 7.67. The molecule has 2 heterocycles. The minimum Gasteiger partial charge on any atom is -0.234 e. The molecule has 4 nitrogen and oxygen atoms in total. The monoisotopic (exact) mass is 430 g/mol.